The normalized spacial score (nSPS) is 12.7. The third-order valence-corrected chi connectivity index (χ3v) is 3.54. The van der Waals surface area contributed by atoms with Crippen molar-refractivity contribution in [3.8, 4) is 0 Å². The molecule has 6 heteroatoms. The second kappa shape index (κ2) is 8.32. The Morgan fingerprint density at radius 2 is 2.21 bits per heavy atom. The molecular weight excluding hydrogens is 308 g/mol. The molecule has 0 aliphatic carbocycles. The maximum atomic E-state index is 11.9. The minimum Gasteiger partial charge on any atom is -0.355 e. The first-order valence-electron chi connectivity index (χ1n) is 6.74. The van der Waals surface area contributed by atoms with E-state index in [1.54, 1.807) is 10.9 Å². The highest BCUT2D eigenvalue weighted by Gasteiger charge is 2.13. The first-order chi connectivity index (χ1) is 9.06. The summed E-state index contributed by atoms with van der Waals surface area (Å²) in [4.78, 5) is 14.2. The fraction of sp³-hybridized carbons (Fsp3) is 0.692. The Hall–Kier alpha value is -0.880. The van der Waals surface area contributed by atoms with E-state index >= 15 is 0 Å². The molecule has 0 saturated heterocycles. The minimum atomic E-state index is -0.0801. The van der Waals surface area contributed by atoms with Gasteiger partial charge in [-0.05, 0) is 29.0 Å². The van der Waals surface area contributed by atoms with E-state index in [4.69, 9.17) is 0 Å². The number of carbonyl (C=O) groups is 1. The predicted molar refractivity (Wildman–Crippen MR) is 79.9 cm³/mol. The van der Waals surface area contributed by atoms with E-state index in [0.29, 0.717) is 13.1 Å². The van der Waals surface area contributed by atoms with Crippen molar-refractivity contribution in [3.05, 3.63) is 16.9 Å². The standard InChI is InChI=1S/C13H23BrN4O/c1-4-17(5-2)7-6-15-13(19)11(3)9-18-10-12(14)8-16-18/h8,10-11H,4-7,9H2,1-3H3,(H,15,19)/t11-/m0/s1. The molecule has 0 fully saturated rings. The smallest absolute Gasteiger partial charge is 0.224 e. The quantitative estimate of drug-likeness (QED) is 0.789. The van der Waals surface area contributed by atoms with Gasteiger partial charge in [-0.15, -0.1) is 0 Å². The highest BCUT2D eigenvalue weighted by Crippen LogP contribution is 2.08. The minimum absolute atomic E-state index is 0.0801. The Labute approximate surface area is 123 Å². The van der Waals surface area contributed by atoms with Crippen LogP contribution in [0.25, 0.3) is 0 Å². The molecule has 0 radical (unpaired) electrons. The monoisotopic (exact) mass is 330 g/mol. The van der Waals surface area contributed by atoms with Gasteiger partial charge in [-0.3, -0.25) is 9.48 Å². The van der Waals surface area contributed by atoms with Gasteiger partial charge in [0.05, 0.1) is 23.1 Å². The summed E-state index contributed by atoms with van der Waals surface area (Å²) in [5.41, 5.74) is 0. The molecule has 1 amide bonds. The third kappa shape index (κ3) is 5.74. The molecular formula is C13H23BrN4O. The van der Waals surface area contributed by atoms with Crippen molar-refractivity contribution >= 4 is 21.8 Å². The lowest BCUT2D eigenvalue weighted by Crippen LogP contribution is -2.38. The largest absolute Gasteiger partial charge is 0.355 e. The van der Waals surface area contributed by atoms with Crippen LogP contribution >= 0.6 is 15.9 Å². The molecule has 0 saturated carbocycles. The number of halogens is 1. The zero-order chi connectivity index (χ0) is 14.3. The molecule has 1 heterocycles. The molecule has 108 valence electrons. The third-order valence-electron chi connectivity index (χ3n) is 3.13. The number of rotatable bonds is 8. The summed E-state index contributed by atoms with van der Waals surface area (Å²) in [5, 5.41) is 7.13. The van der Waals surface area contributed by atoms with E-state index in [9.17, 15) is 4.79 Å². The number of nitrogens with zero attached hydrogens (tertiary/aromatic N) is 3. The second-order valence-corrected chi connectivity index (χ2v) is 5.52. The average molecular weight is 331 g/mol. The summed E-state index contributed by atoms with van der Waals surface area (Å²) >= 11 is 3.34. The van der Waals surface area contributed by atoms with Crippen LogP contribution in [0.1, 0.15) is 20.8 Å². The van der Waals surface area contributed by atoms with Crippen molar-refractivity contribution in [2.75, 3.05) is 26.2 Å². The van der Waals surface area contributed by atoms with Crippen LogP contribution in [0.2, 0.25) is 0 Å². The maximum Gasteiger partial charge on any atom is 0.224 e. The van der Waals surface area contributed by atoms with Gasteiger partial charge in [0.2, 0.25) is 5.91 Å². The predicted octanol–water partition coefficient (Wildman–Crippen LogP) is 1.74. The van der Waals surface area contributed by atoms with Crippen LogP contribution in [0, 0.1) is 5.92 Å². The molecule has 1 aromatic rings. The van der Waals surface area contributed by atoms with Crippen LogP contribution < -0.4 is 5.32 Å². The molecule has 0 spiro atoms. The van der Waals surface area contributed by atoms with Crippen molar-refractivity contribution < 1.29 is 4.79 Å². The topological polar surface area (TPSA) is 50.2 Å². The zero-order valence-electron chi connectivity index (χ0n) is 11.9. The van der Waals surface area contributed by atoms with E-state index in [0.717, 1.165) is 24.1 Å². The van der Waals surface area contributed by atoms with Crippen LogP contribution in [0.15, 0.2) is 16.9 Å². The highest BCUT2D eigenvalue weighted by atomic mass is 79.9. The molecule has 1 rings (SSSR count). The summed E-state index contributed by atoms with van der Waals surface area (Å²) in [6, 6.07) is 0. The van der Waals surface area contributed by atoms with Crippen molar-refractivity contribution in [2.24, 2.45) is 5.92 Å². The molecule has 19 heavy (non-hydrogen) atoms. The Morgan fingerprint density at radius 3 is 2.74 bits per heavy atom. The van der Waals surface area contributed by atoms with Crippen LogP contribution in [-0.2, 0) is 11.3 Å². The molecule has 1 atom stereocenters. The summed E-state index contributed by atoms with van der Waals surface area (Å²) in [6.45, 7) is 10.4. The summed E-state index contributed by atoms with van der Waals surface area (Å²) in [7, 11) is 0. The second-order valence-electron chi connectivity index (χ2n) is 4.60. The molecule has 0 aliphatic rings. The SMILES string of the molecule is CCN(CC)CCNC(=O)[C@@H](C)Cn1cc(Br)cn1. The number of hydrogen-bond donors (Lipinski definition) is 1. The van der Waals surface area contributed by atoms with Gasteiger partial charge in [-0.25, -0.2) is 0 Å². The lowest BCUT2D eigenvalue weighted by Gasteiger charge is -2.19. The number of carbonyl (C=O) groups excluding carboxylic acids is 1. The molecule has 1 N–H and O–H groups in total. The Balaban J connectivity index is 2.29. The molecule has 5 nitrogen and oxygen atoms in total. The van der Waals surface area contributed by atoms with Gasteiger partial charge in [0.1, 0.15) is 0 Å². The molecule has 0 aliphatic heterocycles. The van der Waals surface area contributed by atoms with E-state index in [1.807, 2.05) is 13.1 Å². The average Bonchev–Trinajstić information content (AvgIpc) is 2.79. The van der Waals surface area contributed by atoms with E-state index in [1.165, 1.54) is 0 Å². The van der Waals surface area contributed by atoms with Gasteiger partial charge in [0, 0.05) is 19.3 Å². The first kappa shape index (κ1) is 16.2. The molecule has 0 unspecified atom stereocenters. The summed E-state index contributed by atoms with van der Waals surface area (Å²) in [5.74, 6) is 0.00211. The number of hydrogen-bond acceptors (Lipinski definition) is 3. The summed E-state index contributed by atoms with van der Waals surface area (Å²) in [6.07, 6.45) is 3.60. The van der Waals surface area contributed by atoms with Gasteiger partial charge < -0.3 is 10.2 Å². The zero-order valence-corrected chi connectivity index (χ0v) is 13.5. The fourth-order valence-corrected chi connectivity index (χ4v) is 2.18. The summed E-state index contributed by atoms with van der Waals surface area (Å²) < 4.78 is 2.71. The van der Waals surface area contributed by atoms with Crippen LogP contribution in [0.4, 0.5) is 0 Å². The Morgan fingerprint density at radius 1 is 1.53 bits per heavy atom. The van der Waals surface area contributed by atoms with Gasteiger partial charge >= 0.3 is 0 Å². The molecule has 0 aromatic carbocycles. The van der Waals surface area contributed by atoms with Crippen molar-refractivity contribution in [1.82, 2.24) is 20.0 Å². The maximum absolute atomic E-state index is 11.9. The number of nitrogens with one attached hydrogen (secondary N) is 1. The van der Waals surface area contributed by atoms with Crippen molar-refractivity contribution in [1.29, 1.82) is 0 Å². The lowest BCUT2D eigenvalue weighted by atomic mass is 10.1. The molecule has 1 aromatic heterocycles. The van der Waals surface area contributed by atoms with Crippen LogP contribution in [0.5, 0.6) is 0 Å². The molecule has 0 bridgehead atoms. The van der Waals surface area contributed by atoms with E-state index in [2.05, 4.69) is 45.1 Å². The van der Waals surface area contributed by atoms with Crippen molar-refractivity contribution in [2.45, 2.75) is 27.3 Å². The first-order valence-corrected chi connectivity index (χ1v) is 7.54. The number of likely N-dealkylation sites (N-methyl/N-ethyl adjacent to an activating group) is 1. The number of aromatic nitrogens is 2. The Kier molecular flexibility index (Phi) is 7.09. The van der Waals surface area contributed by atoms with E-state index in [-0.39, 0.29) is 11.8 Å². The van der Waals surface area contributed by atoms with Gasteiger partial charge in [0.15, 0.2) is 0 Å². The van der Waals surface area contributed by atoms with Crippen LogP contribution in [-0.4, -0.2) is 46.8 Å². The lowest BCUT2D eigenvalue weighted by molar-refractivity contribution is -0.125. The van der Waals surface area contributed by atoms with E-state index < -0.39 is 0 Å². The van der Waals surface area contributed by atoms with Gasteiger partial charge in [0.25, 0.3) is 0 Å². The van der Waals surface area contributed by atoms with Gasteiger partial charge in [-0.1, -0.05) is 20.8 Å². The van der Waals surface area contributed by atoms with Crippen molar-refractivity contribution in [3.63, 3.8) is 0 Å². The Bertz CT molecular complexity index is 390. The number of amides is 1. The highest BCUT2D eigenvalue weighted by molar-refractivity contribution is 9.10. The fourth-order valence-electron chi connectivity index (χ4n) is 1.85. The van der Waals surface area contributed by atoms with Gasteiger partial charge in [-0.2, -0.15) is 5.10 Å². The van der Waals surface area contributed by atoms with Crippen LogP contribution in [0.3, 0.4) is 0 Å².